The summed E-state index contributed by atoms with van der Waals surface area (Å²) in [5.41, 5.74) is 1.76. The molecule has 31 heavy (non-hydrogen) atoms. The second kappa shape index (κ2) is 7.30. The summed E-state index contributed by atoms with van der Waals surface area (Å²) in [6, 6.07) is 15.5. The Morgan fingerprint density at radius 2 is 1.35 bits per heavy atom. The fraction of sp³-hybridized carbons (Fsp3) is 0.320. The fourth-order valence-corrected chi connectivity index (χ4v) is 6.57. The molecule has 160 valence electrons. The van der Waals surface area contributed by atoms with E-state index in [0.717, 1.165) is 5.56 Å². The molecule has 2 aliphatic rings. The van der Waals surface area contributed by atoms with Crippen molar-refractivity contribution in [1.29, 1.82) is 0 Å². The van der Waals surface area contributed by atoms with Crippen LogP contribution in [0.3, 0.4) is 0 Å². The summed E-state index contributed by atoms with van der Waals surface area (Å²) in [4.78, 5) is 40.8. The molecule has 0 bridgehead atoms. The highest BCUT2D eigenvalue weighted by atomic mass is 28.3. The predicted octanol–water partition coefficient (Wildman–Crippen LogP) is 4.58. The van der Waals surface area contributed by atoms with E-state index in [1.807, 2.05) is 47.0 Å². The number of amides is 3. The molecule has 2 aliphatic heterocycles. The molecule has 0 aliphatic carbocycles. The van der Waals surface area contributed by atoms with Gasteiger partial charge in [0, 0.05) is 0 Å². The molecule has 0 radical (unpaired) electrons. The Bertz CT molecular complexity index is 1050. The minimum Gasteiger partial charge on any atom is -0.359 e. The predicted molar refractivity (Wildman–Crippen MR) is 124 cm³/mol. The molecule has 2 atom stereocenters. The molecule has 1 saturated heterocycles. The Morgan fingerprint density at radius 1 is 0.839 bits per heavy atom. The van der Waals surface area contributed by atoms with Crippen molar-refractivity contribution in [3.05, 3.63) is 77.4 Å². The number of carbonyl (C=O) groups is 3. The summed E-state index contributed by atoms with van der Waals surface area (Å²) < 4.78 is 1.96. The quantitative estimate of drug-likeness (QED) is 0.404. The maximum atomic E-state index is 13.5. The lowest BCUT2D eigenvalue weighted by atomic mass is 9.95. The second-order valence-corrected chi connectivity index (χ2v) is 14.8. The van der Waals surface area contributed by atoms with E-state index in [1.165, 1.54) is 4.90 Å². The molecule has 2 heterocycles. The largest absolute Gasteiger partial charge is 0.359 e. The Balaban J connectivity index is 1.74. The van der Waals surface area contributed by atoms with Crippen molar-refractivity contribution in [3.8, 4) is 0 Å². The van der Waals surface area contributed by atoms with Crippen molar-refractivity contribution in [2.45, 2.75) is 51.0 Å². The number of fused-ring (bicyclic) bond motifs is 1. The zero-order chi connectivity index (χ0) is 22.6. The van der Waals surface area contributed by atoms with Crippen molar-refractivity contribution in [3.63, 3.8) is 0 Å². The fourth-order valence-electron chi connectivity index (χ4n) is 4.19. The summed E-state index contributed by atoms with van der Waals surface area (Å²) in [5, 5.41) is -0.0611. The molecular weight excluding hydrogens is 404 g/mol. The van der Waals surface area contributed by atoms with E-state index in [9.17, 15) is 14.4 Å². The Hall–Kier alpha value is -2.99. The summed E-state index contributed by atoms with van der Waals surface area (Å²) >= 11 is 0. The highest BCUT2D eigenvalue weighted by Gasteiger charge is 2.61. The first kappa shape index (κ1) is 21.2. The van der Waals surface area contributed by atoms with Gasteiger partial charge in [-0.3, -0.25) is 19.3 Å². The van der Waals surface area contributed by atoms with Gasteiger partial charge in [-0.15, -0.1) is 0 Å². The maximum absolute atomic E-state index is 13.5. The zero-order valence-electron chi connectivity index (χ0n) is 18.6. The van der Waals surface area contributed by atoms with Crippen LogP contribution in [0, 0.1) is 0 Å². The van der Waals surface area contributed by atoms with E-state index in [1.54, 1.807) is 24.3 Å². The van der Waals surface area contributed by atoms with E-state index >= 15 is 0 Å². The first-order valence-corrected chi connectivity index (χ1v) is 13.5. The molecule has 0 spiro atoms. The molecule has 1 fully saturated rings. The van der Waals surface area contributed by atoms with Crippen LogP contribution in [0.1, 0.15) is 47.1 Å². The van der Waals surface area contributed by atoms with Gasteiger partial charge in [-0.05, 0) is 22.7 Å². The molecule has 0 aromatic heterocycles. The van der Waals surface area contributed by atoms with Gasteiger partial charge >= 0.3 is 0 Å². The van der Waals surface area contributed by atoms with Crippen LogP contribution >= 0.6 is 0 Å². The van der Waals surface area contributed by atoms with Crippen molar-refractivity contribution < 1.29 is 14.4 Å². The number of carbonyl (C=O) groups excluding carboxylic acids is 3. The number of imide groups is 1. The Morgan fingerprint density at radius 3 is 1.87 bits per heavy atom. The SMILES string of the molecule is CC(C)(C)[Si](C)(C)N1C(=O)[C@H](N2C(=O)c3ccccc3C2=O)[C@@H]1/C=C/c1ccccc1. The molecule has 5 nitrogen and oxygen atoms in total. The van der Waals surface area contributed by atoms with Crippen LogP contribution in [-0.4, -0.2) is 47.5 Å². The molecule has 0 unspecified atom stereocenters. The molecule has 0 N–H and O–H groups in total. The van der Waals surface area contributed by atoms with E-state index in [0.29, 0.717) is 11.1 Å². The summed E-state index contributed by atoms with van der Waals surface area (Å²) in [5.74, 6) is -0.900. The van der Waals surface area contributed by atoms with Crippen LogP contribution in [0.25, 0.3) is 6.08 Å². The summed E-state index contributed by atoms with van der Waals surface area (Å²) in [6.07, 6.45) is 3.95. The highest BCUT2D eigenvalue weighted by Crippen LogP contribution is 2.45. The normalized spacial score (nSPS) is 21.6. The van der Waals surface area contributed by atoms with Crippen molar-refractivity contribution in [2.75, 3.05) is 0 Å². The first-order chi connectivity index (χ1) is 14.6. The van der Waals surface area contributed by atoms with Crippen LogP contribution in [0.4, 0.5) is 0 Å². The van der Waals surface area contributed by atoms with Crippen LogP contribution < -0.4 is 0 Å². The summed E-state index contributed by atoms with van der Waals surface area (Å²) in [7, 11) is -2.22. The monoisotopic (exact) mass is 432 g/mol. The molecule has 2 aromatic rings. The number of hydrogen-bond donors (Lipinski definition) is 0. The second-order valence-electron chi connectivity index (χ2n) is 9.75. The minimum absolute atomic E-state index is 0.0611. The van der Waals surface area contributed by atoms with E-state index in [2.05, 4.69) is 33.9 Å². The number of benzene rings is 2. The smallest absolute Gasteiger partial charge is 0.262 e. The molecule has 0 saturated carbocycles. The Labute approximate surface area is 184 Å². The molecule has 2 aromatic carbocycles. The van der Waals surface area contributed by atoms with Gasteiger partial charge in [0.25, 0.3) is 11.8 Å². The third kappa shape index (κ3) is 3.26. The minimum atomic E-state index is -2.22. The van der Waals surface area contributed by atoms with Crippen molar-refractivity contribution >= 4 is 32.0 Å². The molecule has 4 rings (SSSR count). The number of rotatable bonds is 4. The van der Waals surface area contributed by atoms with E-state index in [-0.39, 0.29) is 28.8 Å². The average Bonchev–Trinajstić information content (AvgIpc) is 2.96. The van der Waals surface area contributed by atoms with Gasteiger partial charge in [0.2, 0.25) is 5.91 Å². The van der Waals surface area contributed by atoms with Crippen LogP contribution in [0.2, 0.25) is 18.1 Å². The standard InChI is InChI=1S/C25H28N2O3Si/c1-25(2,3)31(4,5)27-20(16-15-17-11-7-6-8-12-17)21(24(27)30)26-22(28)18-13-9-10-14-19(18)23(26)29/h6-16,20-21H,1-5H3/b16-15+/t20-,21+/m0/s1. The lowest BCUT2D eigenvalue weighted by Gasteiger charge is -2.58. The Kier molecular flexibility index (Phi) is 5.01. The van der Waals surface area contributed by atoms with E-state index in [4.69, 9.17) is 0 Å². The average molecular weight is 433 g/mol. The maximum Gasteiger partial charge on any atom is 0.262 e. The first-order valence-electron chi connectivity index (χ1n) is 10.6. The number of β-lactam (4-membered cyclic amide) rings is 1. The van der Waals surface area contributed by atoms with Gasteiger partial charge in [-0.25, -0.2) is 0 Å². The lowest BCUT2D eigenvalue weighted by molar-refractivity contribution is -0.145. The van der Waals surface area contributed by atoms with E-state index < -0.39 is 14.3 Å². The van der Waals surface area contributed by atoms with Crippen LogP contribution in [0.15, 0.2) is 60.7 Å². The van der Waals surface area contributed by atoms with Gasteiger partial charge < -0.3 is 4.57 Å². The lowest BCUT2D eigenvalue weighted by Crippen LogP contribution is -2.78. The molecule has 3 amide bonds. The van der Waals surface area contributed by atoms with Crippen LogP contribution in [-0.2, 0) is 4.79 Å². The number of nitrogens with zero attached hydrogens (tertiary/aromatic N) is 2. The topological polar surface area (TPSA) is 57.7 Å². The molecule has 6 heteroatoms. The van der Waals surface area contributed by atoms with Crippen molar-refractivity contribution in [1.82, 2.24) is 9.47 Å². The third-order valence-electron chi connectivity index (χ3n) is 6.94. The third-order valence-corrected chi connectivity index (χ3v) is 12.3. The van der Waals surface area contributed by atoms with Gasteiger partial charge in [0.15, 0.2) is 8.24 Å². The zero-order valence-corrected chi connectivity index (χ0v) is 19.6. The highest BCUT2D eigenvalue weighted by molar-refractivity contribution is 6.80. The van der Waals surface area contributed by atoms with Gasteiger partial charge in [-0.1, -0.05) is 88.5 Å². The van der Waals surface area contributed by atoms with Gasteiger partial charge in [0.05, 0.1) is 17.2 Å². The number of hydrogen-bond acceptors (Lipinski definition) is 3. The van der Waals surface area contributed by atoms with Crippen molar-refractivity contribution in [2.24, 2.45) is 0 Å². The van der Waals surface area contributed by atoms with Gasteiger partial charge in [-0.2, -0.15) is 0 Å². The summed E-state index contributed by atoms with van der Waals surface area (Å²) in [6.45, 7) is 10.8. The van der Waals surface area contributed by atoms with Crippen LogP contribution in [0.5, 0.6) is 0 Å². The molecular formula is C25H28N2O3Si. The van der Waals surface area contributed by atoms with Gasteiger partial charge in [0.1, 0.15) is 6.04 Å².